The molecule has 0 radical (unpaired) electrons. The number of rotatable bonds is 7. The van der Waals surface area contributed by atoms with Gasteiger partial charge in [-0.1, -0.05) is 18.2 Å². The summed E-state index contributed by atoms with van der Waals surface area (Å²) in [6.07, 6.45) is 9.48. The Morgan fingerprint density at radius 2 is 1.74 bits per heavy atom. The van der Waals surface area contributed by atoms with Gasteiger partial charge in [0.2, 0.25) is 5.95 Å². The van der Waals surface area contributed by atoms with Crippen LogP contribution in [0.2, 0.25) is 0 Å². The minimum Gasteiger partial charge on any atom is -0.378 e. The average Bonchev–Trinajstić information content (AvgIpc) is 3.36. The fourth-order valence-corrected chi connectivity index (χ4v) is 5.91. The van der Waals surface area contributed by atoms with E-state index in [0.717, 1.165) is 69.4 Å². The van der Waals surface area contributed by atoms with Gasteiger partial charge in [-0.15, -0.1) is 0 Å². The molecule has 0 bridgehead atoms. The molecule has 38 heavy (non-hydrogen) atoms. The molecule has 1 unspecified atom stereocenters. The van der Waals surface area contributed by atoms with Gasteiger partial charge in [0.1, 0.15) is 5.65 Å². The second kappa shape index (κ2) is 10.7. The fraction of sp³-hybridized carbons (Fsp3) is 0.433. The van der Waals surface area contributed by atoms with Crippen molar-refractivity contribution < 1.29 is 0 Å². The van der Waals surface area contributed by atoms with Gasteiger partial charge in [-0.25, -0.2) is 9.97 Å². The van der Waals surface area contributed by atoms with Crippen molar-refractivity contribution in [1.82, 2.24) is 29.2 Å². The van der Waals surface area contributed by atoms with Crippen LogP contribution < -0.4 is 9.80 Å². The van der Waals surface area contributed by atoms with Crippen molar-refractivity contribution in [3.63, 3.8) is 0 Å². The lowest BCUT2D eigenvalue weighted by Crippen LogP contribution is -2.46. The average molecular weight is 511 g/mol. The minimum atomic E-state index is 0.342. The summed E-state index contributed by atoms with van der Waals surface area (Å²) in [5.41, 5.74) is 7.27. The Morgan fingerprint density at radius 3 is 2.53 bits per heavy atom. The van der Waals surface area contributed by atoms with Crippen LogP contribution in [-0.2, 0) is 19.5 Å². The smallest absolute Gasteiger partial charge is 0.211 e. The van der Waals surface area contributed by atoms with Crippen molar-refractivity contribution in [2.24, 2.45) is 0 Å². The van der Waals surface area contributed by atoms with E-state index in [4.69, 9.17) is 15.0 Å². The first-order chi connectivity index (χ1) is 18.5. The summed E-state index contributed by atoms with van der Waals surface area (Å²) in [5, 5.41) is 0. The van der Waals surface area contributed by atoms with Crippen molar-refractivity contribution >= 4 is 17.3 Å². The minimum absolute atomic E-state index is 0.342. The van der Waals surface area contributed by atoms with Crippen LogP contribution in [0.25, 0.3) is 5.65 Å². The number of hydrogen-bond acceptors (Lipinski definition) is 7. The topological polar surface area (TPSA) is 56.0 Å². The second-order valence-electron chi connectivity index (χ2n) is 10.9. The number of nitrogens with zero attached hydrogens (tertiary/aromatic N) is 8. The molecule has 198 valence electrons. The predicted molar refractivity (Wildman–Crippen MR) is 153 cm³/mol. The summed E-state index contributed by atoms with van der Waals surface area (Å²) in [5.74, 6) is 0.989. The summed E-state index contributed by atoms with van der Waals surface area (Å²) in [4.78, 5) is 24.0. The Balaban J connectivity index is 1.12. The molecule has 6 rings (SSSR count). The molecule has 1 aliphatic heterocycles. The van der Waals surface area contributed by atoms with Crippen molar-refractivity contribution in [3.8, 4) is 0 Å². The standard InChI is InChI=1S/C30H38N8/c1-34(2)26-11-9-23(10-12-26)20-36-16-18-37(19-17-36)30-32-15-13-28-33-25(22-38(28)30)21-35(3)27-8-4-6-24-7-5-14-31-29(24)27/h5,7,9-15,22,27H,4,6,8,16-21H2,1-3H3. The number of pyridine rings is 1. The predicted octanol–water partition coefficient (Wildman–Crippen LogP) is 4.02. The summed E-state index contributed by atoms with van der Waals surface area (Å²) in [6.45, 7) is 5.74. The van der Waals surface area contributed by atoms with E-state index < -0.39 is 0 Å². The molecule has 3 aromatic heterocycles. The van der Waals surface area contributed by atoms with Crippen LogP contribution in [0.15, 0.2) is 61.1 Å². The van der Waals surface area contributed by atoms with E-state index in [9.17, 15) is 0 Å². The Hall–Kier alpha value is -3.49. The number of aryl methyl sites for hydroxylation is 1. The van der Waals surface area contributed by atoms with Gasteiger partial charge < -0.3 is 9.80 Å². The molecule has 4 aromatic rings. The maximum absolute atomic E-state index is 4.97. The number of benzene rings is 1. The van der Waals surface area contributed by atoms with Gasteiger partial charge in [-0.2, -0.15) is 0 Å². The first kappa shape index (κ1) is 24.8. The van der Waals surface area contributed by atoms with E-state index in [-0.39, 0.29) is 0 Å². The highest BCUT2D eigenvalue weighted by molar-refractivity contribution is 5.48. The summed E-state index contributed by atoms with van der Waals surface area (Å²) >= 11 is 0. The van der Waals surface area contributed by atoms with Gasteiger partial charge in [-0.05, 0) is 61.7 Å². The van der Waals surface area contributed by atoms with Gasteiger partial charge in [0.15, 0.2) is 0 Å². The monoisotopic (exact) mass is 510 g/mol. The Kier molecular flexibility index (Phi) is 7.00. The SMILES string of the molecule is CN(C)c1ccc(CN2CCN(c3nccc4nc(CN(C)C5CCCc6cccnc65)cn34)CC2)cc1. The normalized spacial score (nSPS) is 18.2. The van der Waals surface area contributed by atoms with E-state index in [1.807, 2.05) is 18.5 Å². The summed E-state index contributed by atoms with van der Waals surface area (Å²) in [6, 6.07) is 15.5. The maximum Gasteiger partial charge on any atom is 0.211 e. The number of fused-ring (bicyclic) bond motifs is 2. The van der Waals surface area contributed by atoms with E-state index >= 15 is 0 Å². The Bertz CT molecular complexity index is 1370. The van der Waals surface area contributed by atoms with Gasteiger partial charge in [0, 0.05) is 77.6 Å². The largest absolute Gasteiger partial charge is 0.378 e. The van der Waals surface area contributed by atoms with Crippen molar-refractivity contribution in [3.05, 3.63) is 83.6 Å². The molecule has 0 spiro atoms. The van der Waals surface area contributed by atoms with Crippen LogP contribution in [0.5, 0.6) is 0 Å². The van der Waals surface area contributed by atoms with Crippen molar-refractivity contribution in [2.45, 2.75) is 38.4 Å². The third-order valence-electron chi connectivity index (χ3n) is 8.04. The number of hydrogen-bond donors (Lipinski definition) is 0. The van der Waals surface area contributed by atoms with Gasteiger partial charge >= 0.3 is 0 Å². The second-order valence-corrected chi connectivity index (χ2v) is 10.9. The van der Waals surface area contributed by atoms with Crippen molar-refractivity contribution in [1.29, 1.82) is 0 Å². The maximum atomic E-state index is 4.97. The molecule has 0 N–H and O–H groups in total. The first-order valence-corrected chi connectivity index (χ1v) is 13.8. The van der Waals surface area contributed by atoms with Gasteiger partial charge in [-0.3, -0.25) is 19.2 Å². The Labute approximate surface area is 225 Å². The third-order valence-corrected chi connectivity index (χ3v) is 8.04. The zero-order chi connectivity index (χ0) is 26.1. The molecule has 2 aliphatic rings. The highest BCUT2D eigenvalue weighted by Gasteiger charge is 2.26. The molecule has 1 fully saturated rings. The quantitative estimate of drug-likeness (QED) is 0.372. The number of imidazole rings is 1. The lowest BCUT2D eigenvalue weighted by molar-refractivity contribution is 0.206. The fourth-order valence-electron chi connectivity index (χ4n) is 5.91. The van der Waals surface area contributed by atoms with Crippen LogP contribution >= 0.6 is 0 Å². The summed E-state index contributed by atoms with van der Waals surface area (Å²) in [7, 11) is 6.36. The third kappa shape index (κ3) is 5.11. The first-order valence-electron chi connectivity index (χ1n) is 13.8. The molecule has 1 atom stereocenters. The van der Waals surface area contributed by atoms with E-state index in [1.54, 1.807) is 0 Å². The number of piperazine rings is 1. The number of aromatic nitrogens is 4. The van der Waals surface area contributed by atoms with Crippen LogP contribution in [0.4, 0.5) is 11.6 Å². The molecular formula is C30H38N8. The highest BCUT2D eigenvalue weighted by atomic mass is 15.3. The Morgan fingerprint density at radius 1 is 0.921 bits per heavy atom. The number of anilines is 2. The zero-order valence-electron chi connectivity index (χ0n) is 22.8. The van der Waals surface area contributed by atoms with E-state index in [2.05, 4.69) is 87.7 Å². The molecule has 1 aliphatic carbocycles. The molecule has 1 saturated heterocycles. The highest BCUT2D eigenvalue weighted by Crippen LogP contribution is 2.32. The van der Waals surface area contributed by atoms with Crippen LogP contribution in [0, 0.1) is 0 Å². The molecule has 4 heterocycles. The molecular weight excluding hydrogens is 472 g/mol. The van der Waals surface area contributed by atoms with Gasteiger partial charge in [0.05, 0.1) is 17.4 Å². The molecule has 0 saturated carbocycles. The molecule has 8 heteroatoms. The van der Waals surface area contributed by atoms with Gasteiger partial charge in [0.25, 0.3) is 0 Å². The van der Waals surface area contributed by atoms with Crippen molar-refractivity contribution in [2.75, 3.05) is 57.1 Å². The molecule has 0 amide bonds. The molecule has 1 aromatic carbocycles. The molecule has 8 nitrogen and oxygen atoms in total. The van der Waals surface area contributed by atoms with Crippen LogP contribution in [0.1, 0.15) is 41.4 Å². The van der Waals surface area contributed by atoms with E-state index in [1.165, 1.54) is 28.9 Å². The summed E-state index contributed by atoms with van der Waals surface area (Å²) < 4.78 is 2.17. The lowest BCUT2D eigenvalue weighted by Gasteiger charge is -2.35. The van der Waals surface area contributed by atoms with Crippen LogP contribution in [0.3, 0.4) is 0 Å². The zero-order valence-corrected chi connectivity index (χ0v) is 22.8. The van der Waals surface area contributed by atoms with Crippen LogP contribution in [-0.4, -0.2) is 76.5 Å². The lowest BCUT2D eigenvalue weighted by atomic mass is 9.91. The van der Waals surface area contributed by atoms with E-state index in [0.29, 0.717) is 6.04 Å².